The van der Waals surface area contributed by atoms with Crippen LogP contribution in [-0.4, -0.2) is 39.2 Å². The molecule has 1 N–H and O–H groups in total. The van der Waals surface area contributed by atoms with Gasteiger partial charge in [-0.1, -0.05) is 0 Å². The Morgan fingerprint density at radius 1 is 1.33 bits per heavy atom. The number of nitrogens with one attached hydrogen (secondary N) is 1. The van der Waals surface area contributed by atoms with Crippen LogP contribution in [0, 0.1) is 6.92 Å². The molecule has 0 aromatic heterocycles. The number of likely N-dealkylation sites (N-methyl/N-ethyl adjacent to an activating group) is 1. The minimum Gasteiger partial charge on any atom is -0.497 e. The van der Waals surface area contributed by atoms with Gasteiger partial charge in [0.05, 0.1) is 7.11 Å². The summed E-state index contributed by atoms with van der Waals surface area (Å²) in [7, 11) is 5.83. The summed E-state index contributed by atoms with van der Waals surface area (Å²) in [6.45, 7) is 4.08. The Kier molecular flexibility index (Phi) is 4.43. The fourth-order valence-electron chi connectivity index (χ4n) is 1.38. The van der Waals surface area contributed by atoms with E-state index in [1.165, 1.54) is 11.3 Å². The summed E-state index contributed by atoms with van der Waals surface area (Å²) in [5, 5.41) is 3.40. The minimum absolute atomic E-state index is 0.908. The van der Waals surface area contributed by atoms with Gasteiger partial charge in [0.1, 0.15) is 5.75 Å². The zero-order chi connectivity index (χ0) is 11.3. The zero-order valence-electron chi connectivity index (χ0n) is 10.0. The molecule has 1 aromatic carbocycles. The average Bonchev–Trinajstić information content (AvgIpc) is 2.20. The number of benzene rings is 1. The second-order valence-electron chi connectivity index (χ2n) is 3.91. The Morgan fingerprint density at radius 2 is 2.07 bits per heavy atom. The first kappa shape index (κ1) is 11.9. The molecule has 0 heterocycles. The highest BCUT2D eigenvalue weighted by molar-refractivity contribution is 5.53. The maximum atomic E-state index is 5.16. The summed E-state index contributed by atoms with van der Waals surface area (Å²) in [4.78, 5) is 2.16. The van der Waals surface area contributed by atoms with Crippen LogP contribution < -0.4 is 10.1 Å². The Bertz CT molecular complexity index is 310. The molecule has 0 saturated heterocycles. The molecule has 0 atom stereocenters. The number of rotatable bonds is 5. The summed E-state index contributed by atoms with van der Waals surface area (Å²) in [6, 6.07) is 6.08. The molecule has 1 rings (SSSR count). The summed E-state index contributed by atoms with van der Waals surface area (Å²) >= 11 is 0. The Morgan fingerprint density at radius 3 is 2.60 bits per heavy atom. The molecule has 0 bridgehead atoms. The average molecular weight is 208 g/mol. The van der Waals surface area contributed by atoms with Crippen LogP contribution >= 0.6 is 0 Å². The number of aryl methyl sites for hydroxylation is 1. The number of anilines is 1. The molecule has 0 amide bonds. The first-order valence-corrected chi connectivity index (χ1v) is 5.16. The van der Waals surface area contributed by atoms with Gasteiger partial charge in [0.2, 0.25) is 0 Å². The lowest BCUT2D eigenvalue weighted by Gasteiger charge is -2.13. The van der Waals surface area contributed by atoms with Gasteiger partial charge in [-0.3, -0.25) is 0 Å². The molecule has 0 unspecified atom stereocenters. The van der Waals surface area contributed by atoms with Gasteiger partial charge in [0, 0.05) is 18.8 Å². The van der Waals surface area contributed by atoms with E-state index in [2.05, 4.69) is 37.3 Å². The third-order valence-electron chi connectivity index (χ3n) is 2.31. The van der Waals surface area contributed by atoms with Crippen LogP contribution in [0.25, 0.3) is 0 Å². The van der Waals surface area contributed by atoms with Crippen LogP contribution in [0.1, 0.15) is 5.56 Å². The van der Waals surface area contributed by atoms with E-state index in [-0.39, 0.29) is 0 Å². The third kappa shape index (κ3) is 3.80. The van der Waals surface area contributed by atoms with Gasteiger partial charge < -0.3 is 15.0 Å². The third-order valence-corrected chi connectivity index (χ3v) is 2.31. The lowest BCUT2D eigenvalue weighted by Crippen LogP contribution is -2.21. The molecule has 1 aromatic rings. The van der Waals surface area contributed by atoms with E-state index in [1.54, 1.807) is 7.11 Å². The lowest BCUT2D eigenvalue weighted by molar-refractivity contribution is 0.414. The van der Waals surface area contributed by atoms with Crippen molar-refractivity contribution in [2.24, 2.45) is 0 Å². The number of hydrogen-bond donors (Lipinski definition) is 1. The molecule has 3 heteroatoms. The quantitative estimate of drug-likeness (QED) is 0.800. The predicted molar refractivity (Wildman–Crippen MR) is 64.8 cm³/mol. The van der Waals surface area contributed by atoms with Gasteiger partial charge in [0.15, 0.2) is 0 Å². The summed E-state index contributed by atoms with van der Waals surface area (Å²) in [5.41, 5.74) is 2.39. The minimum atomic E-state index is 0.908. The van der Waals surface area contributed by atoms with Crippen LogP contribution in [0.2, 0.25) is 0 Å². The largest absolute Gasteiger partial charge is 0.497 e. The van der Waals surface area contributed by atoms with Crippen molar-refractivity contribution >= 4 is 5.69 Å². The van der Waals surface area contributed by atoms with Gasteiger partial charge in [-0.2, -0.15) is 0 Å². The molecule has 84 valence electrons. The first-order chi connectivity index (χ1) is 7.13. The summed E-state index contributed by atoms with van der Waals surface area (Å²) in [6.07, 6.45) is 0. The maximum Gasteiger partial charge on any atom is 0.119 e. The van der Waals surface area contributed by atoms with Crippen molar-refractivity contribution in [1.82, 2.24) is 4.90 Å². The highest BCUT2D eigenvalue weighted by atomic mass is 16.5. The molecule has 0 saturated carbocycles. The molecular formula is C12H20N2O. The number of ether oxygens (including phenoxy) is 1. The van der Waals surface area contributed by atoms with Crippen LogP contribution in [0.3, 0.4) is 0 Å². The van der Waals surface area contributed by atoms with Crippen molar-refractivity contribution in [3.8, 4) is 5.75 Å². The van der Waals surface area contributed by atoms with E-state index >= 15 is 0 Å². The summed E-state index contributed by atoms with van der Waals surface area (Å²) in [5.74, 6) is 0.908. The fourth-order valence-corrected chi connectivity index (χ4v) is 1.38. The monoisotopic (exact) mass is 208 g/mol. The molecule has 0 radical (unpaired) electrons. The molecule has 0 spiro atoms. The molecule has 0 aliphatic rings. The van der Waals surface area contributed by atoms with Gasteiger partial charge in [0.25, 0.3) is 0 Å². The Hall–Kier alpha value is -1.22. The van der Waals surface area contributed by atoms with Crippen molar-refractivity contribution in [3.63, 3.8) is 0 Å². The van der Waals surface area contributed by atoms with E-state index in [4.69, 9.17) is 4.74 Å². The molecule has 0 aliphatic carbocycles. The van der Waals surface area contributed by atoms with Crippen LogP contribution in [0.4, 0.5) is 5.69 Å². The van der Waals surface area contributed by atoms with Gasteiger partial charge in [-0.05, 0) is 44.8 Å². The van der Waals surface area contributed by atoms with Crippen molar-refractivity contribution in [2.45, 2.75) is 6.92 Å². The molecule has 3 nitrogen and oxygen atoms in total. The molecule has 0 fully saturated rings. The van der Waals surface area contributed by atoms with Crippen LogP contribution in [-0.2, 0) is 0 Å². The van der Waals surface area contributed by atoms with Gasteiger partial charge >= 0.3 is 0 Å². The number of methoxy groups -OCH3 is 1. The highest BCUT2D eigenvalue weighted by Crippen LogP contribution is 2.20. The highest BCUT2D eigenvalue weighted by Gasteiger charge is 1.99. The molecule has 0 aliphatic heterocycles. The van der Waals surface area contributed by atoms with Crippen molar-refractivity contribution in [3.05, 3.63) is 23.8 Å². The lowest BCUT2D eigenvalue weighted by atomic mass is 10.2. The normalized spacial score (nSPS) is 10.5. The fraction of sp³-hybridized carbons (Fsp3) is 0.500. The van der Waals surface area contributed by atoms with E-state index in [1.807, 2.05) is 12.1 Å². The number of hydrogen-bond acceptors (Lipinski definition) is 3. The molecule has 15 heavy (non-hydrogen) atoms. The SMILES string of the molecule is COc1ccc(NCCN(C)C)c(C)c1. The smallest absolute Gasteiger partial charge is 0.119 e. The Labute approximate surface area is 92.0 Å². The number of nitrogens with zero attached hydrogens (tertiary/aromatic N) is 1. The standard InChI is InChI=1S/C12H20N2O/c1-10-9-11(15-4)5-6-12(10)13-7-8-14(2)3/h5-6,9,13H,7-8H2,1-4H3. The summed E-state index contributed by atoms with van der Waals surface area (Å²) < 4.78 is 5.16. The maximum absolute atomic E-state index is 5.16. The van der Waals surface area contributed by atoms with Crippen LogP contribution in [0.15, 0.2) is 18.2 Å². The second-order valence-corrected chi connectivity index (χ2v) is 3.91. The second kappa shape index (κ2) is 5.61. The van der Waals surface area contributed by atoms with E-state index < -0.39 is 0 Å². The predicted octanol–water partition coefficient (Wildman–Crippen LogP) is 1.98. The first-order valence-electron chi connectivity index (χ1n) is 5.16. The zero-order valence-corrected chi connectivity index (χ0v) is 10.0. The molecular weight excluding hydrogens is 188 g/mol. The van der Waals surface area contributed by atoms with E-state index in [0.717, 1.165) is 18.8 Å². The topological polar surface area (TPSA) is 24.5 Å². The van der Waals surface area contributed by atoms with Crippen molar-refractivity contribution in [2.75, 3.05) is 39.6 Å². The van der Waals surface area contributed by atoms with E-state index in [0.29, 0.717) is 0 Å². The van der Waals surface area contributed by atoms with Gasteiger partial charge in [-0.15, -0.1) is 0 Å². The van der Waals surface area contributed by atoms with Crippen molar-refractivity contribution < 1.29 is 4.74 Å². The Balaban J connectivity index is 2.54. The van der Waals surface area contributed by atoms with Crippen molar-refractivity contribution in [1.29, 1.82) is 0 Å². The van der Waals surface area contributed by atoms with Gasteiger partial charge in [-0.25, -0.2) is 0 Å². The van der Waals surface area contributed by atoms with Crippen LogP contribution in [0.5, 0.6) is 5.75 Å². The van der Waals surface area contributed by atoms with E-state index in [9.17, 15) is 0 Å².